The highest BCUT2D eigenvalue weighted by atomic mass is 32.2. The van der Waals surface area contributed by atoms with Crippen molar-refractivity contribution < 1.29 is 23.9 Å². The number of hydrogen-bond acceptors (Lipinski definition) is 7. The molecule has 144 valence electrons. The molecule has 0 bridgehead atoms. The van der Waals surface area contributed by atoms with Crippen molar-refractivity contribution in [3.63, 3.8) is 0 Å². The molecule has 8 heteroatoms. The lowest BCUT2D eigenvalue weighted by Crippen LogP contribution is -2.33. The van der Waals surface area contributed by atoms with Crippen LogP contribution in [0.4, 0.5) is 4.79 Å². The third-order valence-electron chi connectivity index (χ3n) is 3.94. The first kappa shape index (κ1) is 19.7. The average molecular weight is 398 g/mol. The van der Waals surface area contributed by atoms with Crippen LogP contribution < -0.4 is 15.8 Å². The summed E-state index contributed by atoms with van der Waals surface area (Å²) in [5.41, 5.74) is 7.44. The Labute approximate surface area is 165 Å². The SMILES string of the molecule is COC(=O)C(N)Cc1ccc(Oc2ccc(/C=C3\SC(=O)NC3=O)cc2)cc1. The van der Waals surface area contributed by atoms with Crippen molar-refractivity contribution in [3.05, 3.63) is 64.6 Å². The number of rotatable bonds is 6. The normalized spacial score (nSPS) is 16.0. The number of carbonyl (C=O) groups is 3. The highest BCUT2D eigenvalue weighted by Gasteiger charge is 2.24. The number of amides is 2. The molecule has 0 aliphatic carbocycles. The quantitative estimate of drug-likeness (QED) is 0.569. The van der Waals surface area contributed by atoms with E-state index in [1.807, 2.05) is 12.1 Å². The number of thioether (sulfide) groups is 1. The first-order valence-electron chi connectivity index (χ1n) is 8.40. The van der Waals surface area contributed by atoms with Crippen LogP contribution in [-0.2, 0) is 20.7 Å². The van der Waals surface area contributed by atoms with E-state index in [9.17, 15) is 14.4 Å². The van der Waals surface area contributed by atoms with E-state index in [1.165, 1.54) is 7.11 Å². The number of carbonyl (C=O) groups excluding carboxylic acids is 3. The zero-order chi connectivity index (χ0) is 20.1. The van der Waals surface area contributed by atoms with E-state index >= 15 is 0 Å². The Kier molecular flexibility index (Phi) is 6.13. The number of imide groups is 1. The van der Waals surface area contributed by atoms with Crippen molar-refractivity contribution >= 4 is 35.0 Å². The molecule has 1 heterocycles. The van der Waals surface area contributed by atoms with E-state index in [-0.39, 0.29) is 11.1 Å². The second kappa shape index (κ2) is 8.73. The average Bonchev–Trinajstić information content (AvgIpc) is 3.01. The number of ether oxygens (including phenoxy) is 2. The summed E-state index contributed by atoms with van der Waals surface area (Å²) in [6.07, 6.45) is 2.03. The van der Waals surface area contributed by atoms with E-state index in [4.69, 9.17) is 10.5 Å². The summed E-state index contributed by atoms with van der Waals surface area (Å²) in [6, 6.07) is 13.7. The number of nitrogens with two attached hydrogens (primary N) is 1. The van der Waals surface area contributed by atoms with Crippen LogP contribution in [0, 0.1) is 0 Å². The molecular formula is C20H18N2O5S. The topological polar surface area (TPSA) is 108 Å². The molecule has 0 spiro atoms. The smallest absolute Gasteiger partial charge is 0.322 e. The molecule has 1 aliphatic heterocycles. The molecule has 1 unspecified atom stereocenters. The van der Waals surface area contributed by atoms with E-state index in [0.29, 0.717) is 22.8 Å². The van der Waals surface area contributed by atoms with Crippen LogP contribution in [0.15, 0.2) is 53.4 Å². The first-order chi connectivity index (χ1) is 13.4. The number of nitrogens with one attached hydrogen (secondary N) is 1. The van der Waals surface area contributed by atoms with Crippen LogP contribution in [0.1, 0.15) is 11.1 Å². The van der Waals surface area contributed by atoms with Crippen molar-refractivity contribution in [2.75, 3.05) is 7.11 Å². The van der Waals surface area contributed by atoms with Gasteiger partial charge in [-0.3, -0.25) is 19.7 Å². The predicted octanol–water partition coefficient (Wildman–Crippen LogP) is 2.85. The molecule has 3 N–H and O–H groups in total. The monoisotopic (exact) mass is 398 g/mol. The van der Waals surface area contributed by atoms with Gasteiger partial charge >= 0.3 is 5.97 Å². The summed E-state index contributed by atoms with van der Waals surface area (Å²) in [4.78, 5) is 34.5. The van der Waals surface area contributed by atoms with Crippen LogP contribution in [0.25, 0.3) is 6.08 Å². The fraction of sp³-hybridized carbons (Fsp3) is 0.150. The first-order valence-corrected chi connectivity index (χ1v) is 9.21. The van der Waals surface area contributed by atoms with Gasteiger partial charge in [0.2, 0.25) is 0 Å². The fourth-order valence-electron chi connectivity index (χ4n) is 2.52. The lowest BCUT2D eigenvalue weighted by Gasteiger charge is -2.10. The highest BCUT2D eigenvalue weighted by Crippen LogP contribution is 2.27. The number of hydrogen-bond donors (Lipinski definition) is 2. The maximum Gasteiger partial charge on any atom is 0.322 e. The lowest BCUT2D eigenvalue weighted by atomic mass is 10.1. The van der Waals surface area contributed by atoms with E-state index in [1.54, 1.807) is 42.5 Å². The van der Waals surface area contributed by atoms with Gasteiger partial charge in [0.25, 0.3) is 11.1 Å². The molecule has 1 aliphatic rings. The van der Waals surface area contributed by atoms with Crippen LogP contribution in [-0.4, -0.2) is 30.3 Å². The standard InChI is InChI=1S/C20H18N2O5S/c1-26-19(24)16(21)10-12-2-6-14(7-3-12)27-15-8-4-13(5-9-15)11-17-18(23)22-20(25)28-17/h2-9,11,16H,10,21H2,1H3,(H,22,23,25)/b17-11-. The Morgan fingerprint density at radius 2 is 1.71 bits per heavy atom. The van der Waals surface area contributed by atoms with E-state index < -0.39 is 12.0 Å². The zero-order valence-electron chi connectivity index (χ0n) is 15.0. The van der Waals surface area contributed by atoms with Crippen molar-refractivity contribution in [1.29, 1.82) is 0 Å². The number of esters is 1. The molecule has 0 radical (unpaired) electrons. The Morgan fingerprint density at radius 1 is 1.11 bits per heavy atom. The minimum Gasteiger partial charge on any atom is -0.468 e. The molecule has 1 atom stereocenters. The highest BCUT2D eigenvalue weighted by molar-refractivity contribution is 8.18. The van der Waals surface area contributed by atoms with Crippen molar-refractivity contribution in [2.45, 2.75) is 12.5 Å². The molecule has 0 saturated carbocycles. The number of methoxy groups -OCH3 is 1. The van der Waals surface area contributed by atoms with Gasteiger partial charge in [-0.2, -0.15) is 0 Å². The van der Waals surface area contributed by atoms with E-state index in [0.717, 1.165) is 22.9 Å². The molecule has 2 amide bonds. The summed E-state index contributed by atoms with van der Waals surface area (Å²) in [5.74, 6) is 0.425. The van der Waals surface area contributed by atoms with Crippen LogP contribution >= 0.6 is 11.8 Å². The lowest BCUT2D eigenvalue weighted by molar-refractivity contribution is -0.142. The second-order valence-electron chi connectivity index (χ2n) is 6.00. The molecule has 7 nitrogen and oxygen atoms in total. The van der Waals surface area contributed by atoms with Gasteiger partial charge < -0.3 is 15.2 Å². The summed E-state index contributed by atoms with van der Waals surface area (Å²) in [7, 11) is 1.31. The van der Waals surface area contributed by atoms with Crippen LogP contribution in [0.2, 0.25) is 0 Å². The molecule has 1 saturated heterocycles. The Balaban J connectivity index is 1.61. The van der Waals surface area contributed by atoms with Gasteiger partial charge in [-0.25, -0.2) is 0 Å². The molecule has 2 aromatic carbocycles. The Hall–Kier alpha value is -3.10. The zero-order valence-corrected chi connectivity index (χ0v) is 15.8. The van der Waals surface area contributed by atoms with Gasteiger partial charge in [0.1, 0.15) is 17.5 Å². The third kappa shape index (κ3) is 4.99. The molecular weight excluding hydrogens is 380 g/mol. The van der Waals surface area contributed by atoms with Crippen molar-refractivity contribution in [3.8, 4) is 11.5 Å². The van der Waals surface area contributed by atoms with Gasteiger partial charge in [-0.1, -0.05) is 24.3 Å². The summed E-state index contributed by atoms with van der Waals surface area (Å²) < 4.78 is 10.4. The molecule has 2 aromatic rings. The largest absolute Gasteiger partial charge is 0.468 e. The minimum atomic E-state index is -0.700. The Morgan fingerprint density at radius 3 is 2.25 bits per heavy atom. The maximum atomic E-state index is 11.6. The van der Waals surface area contributed by atoms with Gasteiger partial charge in [-0.05, 0) is 59.7 Å². The molecule has 1 fully saturated rings. The van der Waals surface area contributed by atoms with Gasteiger partial charge in [0.15, 0.2) is 0 Å². The van der Waals surface area contributed by atoms with Gasteiger partial charge in [0.05, 0.1) is 12.0 Å². The molecule has 0 aromatic heterocycles. The van der Waals surface area contributed by atoms with Gasteiger partial charge in [0, 0.05) is 0 Å². The van der Waals surface area contributed by atoms with Crippen molar-refractivity contribution in [1.82, 2.24) is 5.32 Å². The number of benzene rings is 2. The summed E-state index contributed by atoms with van der Waals surface area (Å²) >= 11 is 0.876. The predicted molar refractivity (Wildman–Crippen MR) is 106 cm³/mol. The van der Waals surface area contributed by atoms with Gasteiger partial charge in [-0.15, -0.1) is 0 Å². The van der Waals surface area contributed by atoms with Crippen LogP contribution in [0.5, 0.6) is 11.5 Å². The van der Waals surface area contributed by atoms with Crippen LogP contribution in [0.3, 0.4) is 0 Å². The second-order valence-corrected chi connectivity index (χ2v) is 7.02. The Bertz CT molecular complexity index is 923. The molecule has 3 rings (SSSR count). The minimum absolute atomic E-state index is 0.361. The summed E-state index contributed by atoms with van der Waals surface area (Å²) in [6.45, 7) is 0. The van der Waals surface area contributed by atoms with E-state index in [2.05, 4.69) is 10.1 Å². The third-order valence-corrected chi connectivity index (χ3v) is 4.75. The molecule has 28 heavy (non-hydrogen) atoms. The summed E-state index contributed by atoms with van der Waals surface area (Å²) in [5, 5.41) is 1.85. The fourth-order valence-corrected chi connectivity index (χ4v) is 3.21. The van der Waals surface area contributed by atoms with Crippen molar-refractivity contribution in [2.24, 2.45) is 5.73 Å². The maximum absolute atomic E-state index is 11.6.